The van der Waals surface area contributed by atoms with Crippen molar-refractivity contribution < 1.29 is 9.13 Å². The number of benzene rings is 1. The molecule has 0 aliphatic heterocycles. The highest BCUT2D eigenvalue weighted by Gasteiger charge is 2.05. The summed E-state index contributed by atoms with van der Waals surface area (Å²) in [5.41, 5.74) is 5.57. The molecule has 0 saturated carbocycles. The van der Waals surface area contributed by atoms with Crippen molar-refractivity contribution in [2.45, 2.75) is 24.3 Å². The van der Waals surface area contributed by atoms with Crippen LogP contribution in [-0.4, -0.2) is 25.0 Å². The first-order valence-corrected chi connectivity index (χ1v) is 6.44. The summed E-state index contributed by atoms with van der Waals surface area (Å²) in [6.07, 6.45) is 1.01. The molecule has 0 aliphatic carbocycles. The van der Waals surface area contributed by atoms with E-state index in [2.05, 4.69) is 0 Å². The molecule has 16 heavy (non-hydrogen) atoms. The number of halogens is 1. The Labute approximate surface area is 100 Å². The van der Waals surface area contributed by atoms with Gasteiger partial charge in [0.15, 0.2) is 0 Å². The largest absolute Gasteiger partial charge is 0.377 e. The van der Waals surface area contributed by atoms with Crippen LogP contribution in [0.3, 0.4) is 0 Å². The Morgan fingerprint density at radius 2 is 2.31 bits per heavy atom. The summed E-state index contributed by atoms with van der Waals surface area (Å²) in [5, 5.41) is 0. The maximum atomic E-state index is 12.9. The van der Waals surface area contributed by atoms with Gasteiger partial charge in [0.25, 0.3) is 0 Å². The van der Waals surface area contributed by atoms with Gasteiger partial charge in [-0.05, 0) is 31.5 Å². The van der Waals surface area contributed by atoms with E-state index in [1.54, 1.807) is 23.9 Å². The smallest absolute Gasteiger partial charge is 0.124 e. The van der Waals surface area contributed by atoms with Crippen LogP contribution in [-0.2, 0) is 4.74 Å². The maximum absolute atomic E-state index is 12.9. The van der Waals surface area contributed by atoms with Gasteiger partial charge >= 0.3 is 0 Å². The molecule has 1 atom stereocenters. The molecular formula is C12H18FNOS. The predicted octanol–water partition coefficient (Wildman–Crippen LogP) is 2.67. The molecule has 0 fully saturated rings. The van der Waals surface area contributed by atoms with Crippen LogP contribution in [0.5, 0.6) is 0 Å². The zero-order valence-corrected chi connectivity index (χ0v) is 10.3. The van der Waals surface area contributed by atoms with Gasteiger partial charge in [-0.15, -0.1) is 11.8 Å². The van der Waals surface area contributed by atoms with Gasteiger partial charge in [-0.25, -0.2) is 4.39 Å². The Kier molecular flexibility index (Phi) is 6.45. The molecule has 0 spiro atoms. The monoisotopic (exact) mass is 243 g/mol. The van der Waals surface area contributed by atoms with Crippen molar-refractivity contribution in [3.8, 4) is 0 Å². The molecule has 0 heterocycles. The number of nitrogens with two attached hydrogens (primary N) is 1. The normalized spacial score (nSPS) is 12.7. The van der Waals surface area contributed by atoms with E-state index >= 15 is 0 Å². The Hall–Kier alpha value is -0.580. The van der Waals surface area contributed by atoms with E-state index in [-0.39, 0.29) is 11.9 Å². The van der Waals surface area contributed by atoms with E-state index in [1.807, 2.05) is 13.0 Å². The minimum absolute atomic E-state index is 0.117. The topological polar surface area (TPSA) is 35.2 Å². The molecule has 1 unspecified atom stereocenters. The van der Waals surface area contributed by atoms with Crippen molar-refractivity contribution in [2.24, 2.45) is 5.73 Å². The van der Waals surface area contributed by atoms with Crippen LogP contribution >= 0.6 is 11.8 Å². The molecule has 0 amide bonds. The molecule has 1 aromatic rings. The lowest BCUT2D eigenvalue weighted by molar-refractivity contribution is 0.0674. The van der Waals surface area contributed by atoms with E-state index in [4.69, 9.17) is 10.5 Å². The van der Waals surface area contributed by atoms with E-state index < -0.39 is 0 Å². The third-order valence-corrected chi connectivity index (χ3v) is 3.20. The minimum atomic E-state index is -0.190. The molecule has 1 rings (SSSR count). The highest BCUT2D eigenvalue weighted by molar-refractivity contribution is 7.99. The van der Waals surface area contributed by atoms with Crippen LogP contribution in [0.2, 0.25) is 0 Å². The lowest BCUT2D eigenvalue weighted by atomic mass is 10.3. The molecule has 0 radical (unpaired) electrons. The number of hydrogen-bond acceptors (Lipinski definition) is 3. The number of ether oxygens (including phenoxy) is 1. The molecule has 2 nitrogen and oxygen atoms in total. The Balaban J connectivity index is 2.29. The highest BCUT2D eigenvalue weighted by Crippen LogP contribution is 2.20. The van der Waals surface area contributed by atoms with Gasteiger partial charge in [-0.3, -0.25) is 0 Å². The molecule has 2 N–H and O–H groups in total. The van der Waals surface area contributed by atoms with Gasteiger partial charge in [0.05, 0.1) is 6.10 Å². The Morgan fingerprint density at radius 1 is 1.50 bits per heavy atom. The average Bonchev–Trinajstić information content (AvgIpc) is 2.28. The summed E-state index contributed by atoms with van der Waals surface area (Å²) in [4.78, 5) is 0.951. The fourth-order valence-electron chi connectivity index (χ4n) is 1.37. The molecule has 0 saturated heterocycles. The summed E-state index contributed by atoms with van der Waals surface area (Å²) in [7, 11) is 0. The number of thioether (sulfide) groups is 1. The van der Waals surface area contributed by atoms with Crippen LogP contribution in [0.1, 0.15) is 13.3 Å². The second kappa shape index (κ2) is 7.65. The van der Waals surface area contributed by atoms with Crippen LogP contribution < -0.4 is 5.73 Å². The summed E-state index contributed by atoms with van der Waals surface area (Å²) >= 11 is 1.63. The van der Waals surface area contributed by atoms with Crippen molar-refractivity contribution in [1.82, 2.24) is 0 Å². The second-order valence-corrected chi connectivity index (χ2v) is 4.58. The van der Waals surface area contributed by atoms with E-state index in [0.717, 1.165) is 17.1 Å². The average molecular weight is 243 g/mol. The zero-order chi connectivity index (χ0) is 11.8. The van der Waals surface area contributed by atoms with Gasteiger partial charge in [0, 0.05) is 23.8 Å². The van der Waals surface area contributed by atoms with Gasteiger partial charge in [0.2, 0.25) is 0 Å². The van der Waals surface area contributed by atoms with Crippen LogP contribution in [0.15, 0.2) is 29.2 Å². The van der Waals surface area contributed by atoms with Crippen molar-refractivity contribution in [3.05, 3.63) is 30.1 Å². The van der Waals surface area contributed by atoms with Gasteiger partial charge in [0.1, 0.15) is 5.82 Å². The summed E-state index contributed by atoms with van der Waals surface area (Å²) in [5.74, 6) is 0.705. The molecule has 0 aliphatic rings. The third kappa shape index (κ3) is 4.96. The van der Waals surface area contributed by atoms with E-state index in [1.165, 1.54) is 6.07 Å². The number of hydrogen-bond donors (Lipinski definition) is 1. The summed E-state index contributed by atoms with van der Waals surface area (Å²) in [6.45, 7) is 3.19. The van der Waals surface area contributed by atoms with E-state index in [9.17, 15) is 4.39 Å². The van der Waals surface area contributed by atoms with Gasteiger partial charge < -0.3 is 10.5 Å². The molecular weight excluding hydrogens is 225 g/mol. The lowest BCUT2D eigenvalue weighted by Crippen LogP contribution is -2.24. The maximum Gasteiger partial charge on any atom is 0.124 e. The Bertz CT molecular complexity index is 309. The van der Waals surface area contributed by atoms with Gasteiger partial charge in [-0.1, -0.05) is 6.07 Å². The number of rotatable bonds is 7. The lowest BCUT2D eigenvalue weighted by Gasteiger charge is -2.14. The quantitative estimate of drug-likeness (QED) is 0.748. The Morgan fingerprint density at radius 3 is 2.94 bits per heavy atom. The second-order valence-electron chi connectivity index (χ2n) is 3.41. The van der Waals surface area contributed by atoms with Gasteiger partial charge in [-0.2, -0.15) is 0 Å². The highest BCUT2D eigenvalue weighted by atomic mass is 32.2. The first kappa shape index (κ1) is 13.5. The molecule has 0 aromatic heterocycles. The third-order valence-electron chi connectivity index (χ3n) is 2.17. The minimum Gasteiger partial charge on any atom is -0.377 e. The standard InChI is InChI=1S/C12H18FNOS/c1-2-15-11(9-14)6-7-16-12-5-3-4-10(13)8-12/h3-5,8,11H,2,6-7,9,14H2,1H3. The van der Waals surface area contributed by atoms with Crippen LogP contribution in [0, 0.1) is 5.82 Å². The zero-order valence-electron chi connectivity index (χ0n) is 9.49. The van der Waals surface area contributed by atoms with E-state index in [0.29, 0.717) is 13.2 Å². The fraction of sp³-hybridized carbons (Fsp3) is 0.500. The predicted molar refractivity (Wildman–Crippen MR) is 66.2 cm³/mol. The fourth-order valence-corrected chi connectivity index (χ4v) is 2.36. The van der Waals surface area contributed by atoms with Crippen molar-refractivity contribution in [3.63, 3.8) is 0 Å². The van der Waals surface area contributed by atoms with Crippen molar-refractivity contribution >= 4 is 11.8 Å². The van der Waals surface area contributed by atoms with Crippen LogP contribution in [0.4, 0.5) is 4.39 Å². The van der Waals surface area contributed by atoms with Crippen LogP contribution in [0.25, 0.3) is 0 Å². The van der Waals surface area contributed by atoms with Crippen molar-refractivity contribution in [2.75, 3.05) is 18.9 Å². The SMILES string of the molecule is CCOC(CN)CCSc1cccc(F)c1. The van der Waals surface area contributed by atoms with Crippen molar-refractivity contribution in [1.29, 1.82) is 0 Å². The molecule has 90 valence electrons. The first-order chi connectivity index (χ1) is 7.76. The summed E-state index contributed by atoms with van der Waals surface area (Å²) < 4.78 is 18.3. The first-order valence-electron chi connectivity index (χ1n) is 5.46. The molecule has 1 aromatic carbocycles. The summed E-state index contributed by atoms with van der Waals surface area (Å²) in [6, 6.07) is 6.63. The molecule has 4 heteroatoms. The molecule has 0 bridgehead atoms.